The van der Waals surface area contributed by atoms with Gasteiger partial charge in [0.05, 0.1) is 0 Å². The molecule has 0 radical (unpaired) electrons. The lowest BCUT2D eigenvalue weighted by atomic mass is 10.1. The van der Waals surface area contributed by atoms with E-state index in [2.05, 4.69) is 9.71 Å². The third-order valence-corrected chi connectivity index (χ3v) is 4.67. The maximum atomic E-state index is 12.2. The Hall–Kier alpha value is -1.34. The van der Waals surface area contributed by atoms with Crippen LogP contribution in [-0.4, -0.2) is 35.4 Å². The quantitative estimate of drug-likeness (QED) is 0.868. The van der Waals surface area contributed by atoms with Crippen molar-refractivity contribution in [2.45, 2.75) is 32.2 Å². The van der Waals surface area contributed by atoms with E-state index in [9.17, 15) is 13.5 Å². The molecular formula is C11H17N3O3S. The molecule has 0 bridgehead atoms. The fourth-order valence-corrected chi connectivity index (χ4v) is 3.55. The molecule has 0 aromatic carbocycles. The standard InChI is InChI=1S/C11H17N3O3S/c1-9-5-2-3-8-14(9)18(16,17)13-11-10(15)6-4-7-12-11/h4,6-7,9,15H,2-3,5,8H2,1H3,(H,12,13). The van der Waals surface area contributed by atoms with Crippen molar-refractivity contribution in [3.8, 4) is 5.75 Å². The second kappa shape index (κ2) is 5.11. The first-order chi connectivity index (χ1) is 8.50. The number of pyridine rings is 1. The van der Waals surface area contributed by atoms with Gasteiger partial charge in [-0.15, -0.1) is 0 Å². The molecule has 1 aliphatic heterocycles. The van der Waals surface area contributed by atoms with Crippen LogP contribution in [0.25, 0.3) is 0 Å². The van der Waals surface area contributed by atoms with E-state index in [1.165, 1.54) is 22.6 Å². The van der Waals surface area contributed by atoms with Gasteiger partial charge in [-0.25, -0.2) is 4.98 Å². The number of aromatic nitrogens is 1. The molecule has 1 aliphatic rings. The highest BCUT2D eigenvalue weighted by Crippen LogP contribution is 2.24. The Kier molecular flexibility index (Phi) is 3.72. The van der Waals surface area contributed by atoms with Crippen LogP contribution in [0.3, 0.4) is 0 Å². The maximum Gasteiger partial charge on any atom is 0.303 e. The van der Waals surface area contributed by atoms with Gasteiger partial charge in [-0.05, 0) is 31.9 Å². The van der Waals surface area contributed by atoms with Gasteiger partial charge in [-0.1, -0.05) is 6.42 Å². The summed E-state index contributed by atoms with van der Waals surface area (Å²) >= 11 is 0. The Labute approximate surface area is 107 Å². The summed E-state index contributed by atoms with van der Waals surface area (Å²) in [6, 6.07) is 2.91. The summed E-state index contributed by atoms with van der Waals surface area (Å²) in [6.45, 7) is 2.39. The lowest BCUT2D eigenvalue weighted by Crippen LogP contribution is -2.44. The number of aromatic hydroxyl groups is 1. The van der Waals surface area contributed by atoms with Crippen molar-refractivity contribution in [1.82, 2.24) is 9.29 Å². The van der Waals surface area contributed by atoms with Gasteiger partial charge in [0.25, 0.3) is 0 Å². The van der Waals surface area contributed by atoms with Crippen molar-refractivity contribution < 1.29 is 13.5 Å². The van der Waals surface area contributed by atoms with Gasteiger partial charge in [0.2, 0.25) is 0 Å². The molecule has 2 N–H and O–H groups in total. The Bertz CT molecular complexity index is 518. The van der Waals surface area contributed by atoms with E-state index in [4.69, 9.17) is 0 Å². The average molecular weight is 271 g/mol. The van der Waals surface area contributed by atoms with Crippen molar-refractivity contribution in [1.29, 1.82) is 0 Å². The zero-order chi connectivity index (χ0) is 13.2. The highest BCUT2D eigenvalue weighted by atomic mass is 32.2. The van der Waals surface area contributed by atoms with Gasteiger partial charge in [-0.2, -0.15) is 12.7 Å². The van der Waals surface area contributed by atoms with E-state index < -0.39 is 10.2 Å². The minimum Gasteiger partial charge on any atom is -0.504 e. The topological polar surface area (TPSA) is 82.5 Å². The van der Waals surface area contributed by atoms with Gasteiger partial charge in [-0.3, -0.25) is 4.72 Å². The molecule has 1 atom stereocenters. The number of rotatable bonds is 3. The monoisotopic (exact) mass is 271 g/mol. The van der Waals surface area contributed by atoms with Gasteiger partial charge >= 0.3 is 10.2 Å². The first-order valence-electron chi connectivity index (χ1n) is 5.94. The summed E-state index contributed by atoms with van der Waals surface area (Å²) in [5, 5.41) is 9.53. The number of piperidine rings is 1. The van der Waals surface area contributed by atoms with Crippen LogP contribution in [0.4, 0.5) is 5.82 Å². The summed E-state index contributed by atoms with van der Waals surface area (Å²) in [5.74, 6) is -0.207. The van der Waals surface area contributed by atoms with Crippen LogP contribution in [0, 0.1) is 0 Å². The second-order valence-electron chi connectivity index (χ2n) is 4.43. The zero-order valence-electron chi connectivity index (χ0n) is 10.2. The number of hydrogen-bond acceptors (Lipinski definition) is 4. The van der Waals surface area contributed by atoms with Crippen molar-refractivity contribution in [2.75, 3.05) is 11.3 Å². The minimum absolute atomic E-state index is 0.0258. The van der Waals surface area contributed by atoms with E-state index in [0.717, 1.165) is 19.3 Å². The van der Waals surface area contributed by atoms with Crippen molar-refractivity contribution in [2.24, 2.45) is 0 Å². The van der Waals surface area contributed by atoms with Crippen LogP contribution in [0.15, 0.2) is 18.3 Å². The molecule has 0 saturated carbocycles. The molecule has 1 aromatic heterocycles. The third kappa shape index (κ3) is 2.73. The van der Waals surface area contributed by atoms with Crippen LogP contribution < -0.4 is 4.72 Å². The van der Waals surface area contributed by atoms with Gasteiger partial charge in [0.15, 0.2) is 11.6 Å². The first-order valence-corrected chi connectivity index (χ1v) is 7.38. The summed E-state index contributed by atoms with van der Waals surface area (Å²) < 4.78 is 28.1. The largest absolute Gasteiger partial charge is 0.504 e. The highest BCUT2D eigenvalue weighted by Gasteiger charge is 2.30. The normalized spacial score (nSPS) is 21.7. The fraction of sp³-hybridized carbons (Fsp3) is 0.545. The molecule has 7 heteroatoms. The summed E-state index contributed by atoms with van der Waals surface area (Å²) in [6.07, 6.45) is 4.19. The third-order valence-electron chi connectivity index (χ3n) is 3.06. The van der Waals surface area contributed by atoms with Crippen molar-refractivity contribution in [3.63, 3.8) is 0 Å². The lowest BCUT2D eigenvalue weighted by Gasteiger charge is -2.32. The van der Waals surface area contributed by atoms with Crippen LogP contribution in [0.2, 0.25) is 0 Å². The van der Waals surface area contributed by atoms with E-state index >= 15 is 0 Å². The number of nitrogens with one attached hydrogen (secondary N) is 1. The predicted molar refractivity (Wildman–Crippen MR) is 68.5 cm³/mol. The Balaban J connectivity index is 2.19. The van der Waals surface area contributed by atoms with Crippen LogP contribution in [-0.2, 0) is 10.2 Å². The fourth-order valence-electron chi connectivity index (χ4n) is 2.09. The molecule has 2 heterocycles. The molecule has 0 amide bonds. The predicted octanol–water partition coefficient (Wildman–Crippen LogP) is 1.32. The van der Waals surface area contributed by atoms with E-state index in [-0.39, 0.29) is 17.6 Å². The Morgan fingerprint density at radius 3 is 2.94 bits per heavy atom. The molecule has 0 spiro atoms. The van der Waals surface area contributed by atoms with Crippen LogP contribution in [0.5, 0.6) is 5.75 Å². The van der Waals surface area contributed by atoms with Crippen LogP contribution >= 0.6 is 0 Å². The first kappa shape index (κ1) is 13.1. The Morgan fingerprint density at radius 1 is 1.50 bits per heavy atom. The molecule has 0 aliphatic carbocycles. The van der Waals surface area contributed by atoms with Crippen molar-refractivity contribution >= 4 is 16.0 Å². The SMILES string of the molecule is CC1CCCCN1S(=O)(=O)Nc1ncccc1O. The molecule has 6 nitrogen and oxygen atoms in total. The average Bonchev–Trinajstić information content (AvgIpc) is 2.32. The lowest BCUT2D eigenvalue weighted by molar-refractivity contribution is 0.270. The molecule has 1 saturated heterocycles. The molecule has 2 rings (SSSR count). The molecule has 100 valence electrons. The van der Waals surface area contributed by atoms with Crippen molar-refractivity contribution in [3.05, 3.63) is 18.3 Å². The van der Waals surface area contributed by atoms with E-state index in [0.29, 0.717) is 6.54 Å². The highest BCUT2D eigenvalue weighted by molar-refractivity contribution is 7.90. The van der Waals surface area contributed by atoms with Gasteiger partial charge < -0.3 is 5.11 Å². The molecule has 1 aromatic rings. The molecule has 1 fully saturated rings. The van der Waals surface area contributed by atoms with Gasteiger partial charge in [0.1, 0.15) is 0 Å². The van der Waals surface area contributed by atoms with Crippen LogP contribution in [0.1, 0.15) is 26.2 Å². The van der Waals surface area contributed by atoms with Gasteiger partial charge in [0, 0.05) is 18.8 Å². The summed E-state index contributed by atoms with van der Waals surface area (Å²) in [5.41, 5.74) is 0. The molecule has 1 unspecified atom stereocenters. The number of hydrogen-bond donors (Lipinski definition) is 2. The van der Waals surface area contributed by atoms with E-state index in [1.807, 2.05) is 6.92 Å². The summed E-state index contributed by atoms with van der Waals surface area (Å²) in [4.78, 5) is 3.82. The number of nitrogens with zero attached hydrogens (tertiary/aromatic N) is 2. The number of anilines is 1. The zero-order valence-corrected chi connectivity index (χ0v) is 11.0. The molecule has 18 heavy (non-hydrogen) atoms. The smallest absolute Gasteiger partial charge is 0.303 e. The Morgan fingerprint density at radius 2 is 2.28 bits per heavy atom. The maximum absolute atomic E-state index is 12.2. The van der Waals surface area contributed by atoms with E-state index in [1.54, 1.807) is 0 Å². The summed E-state index contributed by atoms with van der Waals surface area (Å²) in [7, 11) is -3.65. The molecular weight excluding hydrogens is 254 g/mol. The minimum atomic E-state index is -3.65. The second-order valence-corrected chi connectivity index (χ2v) is 6.06.